The molecule has 0 amide bonds. The molecule has 0 spiro atoms. The second-order valence-corrected chi connectivity index (χ2v) is 15.1. The highest BCUT2D eigenvalue weighted by Crippen LogP contribution is 2.44. The number of hydrogen-bond acceptors (Lipinski definition) is 12. The van der Waals surface area contributed by atoms with Gasteiger partial charge in [-0.25, -0.2) is 16.8 Å². The number of aryl methyl sites for hydroxylation is 1. The van der Waals surface area contributed by atoms with E-state index in [1.807, 2.05) is 6.92 Å². The zero-order valence-corrected chi connectivity index (χ0v) is 27.9. The fourth-order valence-corrected chi connectivity index (χ4v) is 7.03. The Balaban J connectivity index is 1.52. The third kappa shape index (κ3) is 6.33. The van der Waals surface area contributed by atoms with Gasteiger partial charge in [-0.3, -0.25) is 0 Å². The summed E-state index contributed by atoms with van der Waals surface area (Å²) in [4.78, 5) is 0.108. The molecule has 0 bridgehead atoms. The van der Waals surface area contributed by atoms with Crippen LogP contribution in [0.15, 0.2) is 97.0 Å². The van der Waals surface area contributed by atoms with E-state index < -0.39 is 25.4 Å². The van der Waals surface area contributed by atoms with Crippen LogP contribution in [0.3, 0.4) is 0 Å². The van der Waals surface area contributed by atoms with Crippen LogP contribution < -0.4 is 10.1 Å². The van der Waals surface area contributed by atoms with Gasteiger partial charge in [-0.2, -0.15) is 5.11 Å². The van der Waals surface area contributed by atoms with Gasteiger partial charge in [0.1, 0.15) is 33.5 Å². The molecule has 12 nitrogen and oxygen atoms in total. The average Bonchev–Trinajstić information content (AvgIpc) is 3.07. The van der Waals surface area contributed by atoms with Crippen molar-refractivity contribution in [3.05, 3.63) is 72.3 Å². The fourth-order valence-electron chi connectivity index (χ4n) is 5.06. The Bertz CT molecular complexity index is 2320. The highest BCUT2D eigenvalue weighted by Gasteiger charge is 2.21. The minimum absolute atomic E-state index is 0.00627. The number of hydrogen-bond donors (Lipinski definition) is 3. The number of ether oxygens (including phenoxy) is 1. The molecule has 5 aromatic carbocycles. The smallest absolute Gasteiger partial charge is 0.181 e. The second kappa shape index (κ2) is 13.0. The van der Waals surface area contributed by atoms with Gasteiger partial charge in [0.2, 0.25) is 0 Å². The van der Waals surface area contributed by atoms with Gasteiger partial charge >= 0.3 is 0 Å². The number of methoxy groups -OCH3 is 1. The van der Waals surface area contributed by atoms with Gasteiger partial charge in [0.25, 0.3) is 0 Å². The molecule has 5 aromatic rings. The van der Waals surface area contributed by atoms with Gasteiger partial charge in [0.15, 0.2) is 25.4 Å². The van der Waals surface area contributed by atoms with Crippen LogP contribution in [-0.2, 0) is 19.7 Å². The molecule has 14 heteroatoms. The minimum atomic E-state index is -3.67. The third-order valence-electron chi connectivity index (χ3n) is 7.86. The average molecular weight is 676 g/mol. The Morgan fingerprint density at radius 2 is 1.36 bits per heavy atom. The lowest BCUT2D eigenvalue weighted by Crippen LogP contribution is -2.05. The molecule has 0 aliphatic carbocycles. The Hall–Kier alpha value is -5.08. The van der Waals surface area contributed by atoms with E-state index >= 15 is 0 Å². The summed E-state index contributed by atoms with van der Waals surface area (Å²) < 4.78 is 54.7. The van der Waals surface area contributed by atoms with Crippen LogP contribution >= 0.6 is 0 Å². The van der Waals surface area contributed by atoms with E-state index in [1.54, 1.807) is 62.5 Å². The monoisotopic (exact) mass is 675 g/mol. The van der Waals surface area contributed by atoms with E-state index in [2.05, 4.69) is 25.8 Å². The van der Waals surface area contributed by atoms with Crippen molar-refractivity contribution in [2.24, 2.45) is 20.5 Å². The number of phenolic OH excluding ortho intramolecular Hbond substituents is 2. The molecule has 0 aromatic heterocycles. The van der Waals surface area contributed by atoms with Crippen molar-refractivity contribution in [3.63, 3.8) is 0 Å². The van der Waals surface area contributed by atoms with E-state index in [0.717, 1.165) is 22.4 Å². The SMILES string of the molecule is CCS(=O)(=O)c1ccc2c(C)c(/N=N/c3c(NC)ccc4c(O)c(/N=N/c5cc(OC)c(S(=O)(=O)CC)cc5O)ccc34)ccc2c1. The molecule has 0 heterocycles. The first-order chi connectivity index (χ1) is 22.3. The van der Waals surface area contributed by atoms with E-state index in [4.69, 9.17) is 4.74 Å². The number of phenols is 2. The normalized spacial score (nSPS) is 12.4. The van der Waals surface area contributed by atoms with Crippen LogP contribution in [0.1, 0.15) is 19.4 Å². The summed E-state index contributed by atoms with van der Waals surface area (Å²) in [5.74, 6) is -0.767. The van der Waals surface area contributed by atoms with Crippen molar-refractivity contribution in [1.82, 2.24) is 0 Å². The van der Waals surface area contributed by atoms with Crippen LogP contribution in [0.25, 0.3) is 21.5 Å². The van der Waals surface area contributed by atoms with Crippen molar-refractivity contribution >= 4 is 69.7 Å². The maximum absolute atomic E-state index is 12.4. The van der Waals surface area contributed by atoms with Gasteiger partial charge in [-0.15, -0.1) is 15.3 Å². The maximum atomic E-state index is 12.4. The molecule has 0 radical (unpaired) electrons. The number of fused-ring (bicyclic) bond motifs is 2. The molecule has 244 valence electrons. The van der Waals surface area contributed by atoms with Crippen LogP contribution in [0.5, 0.6) is 17.2 Å². The van der Waals surface area contributed by atoms with Gasteiger partial charge in [-0.1, -0.05) is 26.0 Å². The maximum Gasteiger partial charge on any atom is 0.181 e. The molecule has 0 saturated heterocycles. The van der Waals surface area contributed by atoms with E-state index in [9.17, 15) is 27.0 Å². The topological polar surface area (TPSA) is 179 Å². The summed E-state index contributed by atoms with van der Waals surface area (Å²) >= 11 is 0. The van der Waals surface area contributed by atoms with E-state index in [-0.39, 0.29) is 44.2 Å². The molecule has 47 heavy (non-hydrogen) atoms. The van der Waals surface area contributed by atoms with Crippen LogP contribution in [-0.4, -0.2) is 52.7 Å². The summed E-state index contributed by atoms with van der Waals surface area (Å²) in [6, 6.07) is 17.6. The molecule has 5 rings (SSSR count). The Kier molecular flexibility index (Phi) is 9.18. The van der Waals surface area contributed by atoms with Crippen molar-refractivity contribution in [1.29, 1.82) is 0 Å². The molecule has 0 atom stereocenters. The molecule has 0 aliphatic rings. The Labute approximate surface area is 272 Å². The number of sulfone groups is 2. The summed E-state index contributed by atoms with van der Waals surface area (Å²) in [5, 5.41) is 44.6. The summed E-state index contributed by atoms with van der Waals surface area (Å²) in [6.45, 7) is 4.98. The first kappa shape index (κ1) is 33.3. The number of nitrogens with one attached hydrogen (secondary N) is 1. The lowest BCUT2D eigenvalue weighted by atomic mass is 10.0. The van der Waals surface area contributed by atoms with Crippen molar-refractivity contribution in [2.45, 2.75) is 30.6 Å². The zero-order valence-electron chi connectivity index (χ0n) is 26.3. The van der Waals surface area contributed by atoms with Crippen LogP contribution in [0.4, 0.5) is 28.4 Å². The standard InChI is InChI=1S/C33H33N5O7S2/c1-6-46(41,42)21-9-10-22-19(3)25(13-8-20(22)16-21)35-38-32-23-11-15-27(33(40)24(23)12-14-26(32)34-4)36-37-28-17-30(45-5)31(18-29(28)39)47(43,44)7-2/h8-18,34,39-40H,6-7H2,1-5H3/b37-36+,38-35+. The van der Waals surface area contributed by atoms with Gasteiger partial charge in [0.05, 0.1) is 34.9 Å². The number of anilines is 1. The largest absolute Gasteiger partial charge is 0.506 e. The molecule has 3 N–H and O–H groups in total. The van der Waals surface area contributed by atoms with E-state index in [1.165, 1.54) is 26.2 Å². The third-order valence-corrected chi connectivity index (χ3v) is 11.3. The Morgan fingerprint density at radius 1 is 0.723 bits per heavy atom. The predicted octanol–water partition coefficient (Wildman–Crippen LogP) is 8.18. The predicted molar refractivity (Wildman–Crippen MR) is 182 cm³/mol. The second-order valence-electron chi connectivity index (χ2n) is 10.5. The van der Waals surface area contributed by atoms with Crippen molar-refractivity contribution < 1.29 is 31.8 Å². The van der Waals surface area contributed by atoms with Crippen LogP contribution in [0.2, 0.25) is 0 Å². The van der Waals surface area contributed by atoms with Gasteiger partial charge < -0.3 is 20.3 Å². The highest BCUT2D eigenvalue weighted by molar-refractivity contribution is 7.91. The molecule has 0 aliphatic heterocycles. The lowest BCUT2D eigenvalue weighted by Gasteiger charge is -2.11. The number of benzene rings is 5. The molecule has 0 saturated carbocycles. The number of rotatable bonds is 10. The number of aromatic hydroxyl groups is 2. The minimum Gasteiger partial charge on any atom is -0.506 e. The summed E-state index contributed by atoms with van der Waals surface area (Å²) in [6.07, 6.45) is 0. The first-order valence-electron chi connectivity index (χ1n) is 14.5. The first-order valence-corrected chi connectivity index (χ1v) is 17.8. The zero-order chi connectivity index (χ0) is 34.1. The van der Waals surface area contributed by atoms with Gasteiger partial charge in [0, 0.05) is 30.0 Å². The lowest BCUT2D eigenvalue weighted by molar-refractivity contribution is 0.399. The number of nitrogens with zero attached hydrogens (tertiary/aromatic N) is 4. The molecular formula is C33H33N5O7S2. The van der Waals surface area contributed by atoms with Gasteiger partial charge in [-0.05, 0) is 65.7 Å². The number of azo groups is 2. The van der Waals surface area contributed by atoms with Crippen molar-refractivity contribution in [2.75, 3.05) is 31.0 Å². The molecule has 0 fully saturated rings. The fraction of sp³-hybridized carbons (Fsp3) is 0.212. The highest BCUT2D eigenvalue weighted by atomic mass is 32.2. The quantitative estimate of drug-likeness (QED) is 0.124. The molecular weight excluding hydrogens is 643 g/mol. The summed E-state index contributed by atoms with van der Waals surface area (Å²) in [7, 11) is -3.96. The van der Waals surface area contributed by atoms with E-state index in [0.29, 0.717) is 27.8 Å². The molecule has 0 unspecified atom stereocenters. The van der Waals surface area contributed by atoms with Crippen molar-refractivity contribution in [3.8, 4) is 17.2 Å². The summed E-state index contributed by atoms with van der Waals surface area (Å²) in [5.41, 5.74) is 2.57. The Morgan fingerprint density at radius 3 is 2.04 bits per heavy atom. The van der Waals surface area contributed by atoms with Crippen LogP contribution in [0, 0.1) is 6.92 Å².